The molecule has 4 rings (SSSR count). The lowest BCUT2D eigenvalue weighted by Crippen LogP contribution is -2.48. The number of H-pyrrole nitrogens is 1. The van der Waals surface area contributed by atoms with Crippen LogP contribution in [-0.4, -0.2) is 58.3 Å². The van der Waals surface area contributed by atoms with Crippen molar-refractivity contribution in [3.05, 3.63) is 32.4 Å². The topological polar surface area (TPSA) is 104 Å². The molecule has 2 aromatic heterocycles. The van der Waals surface area contributed by atoms with Crippen LogP contribution in [0.3, 0.4) is 0 Å². The van der Waals surface area contributed by atoms with Gasteiger partial charge >= 0.3 is 11.6 Å². The van der Waals surface area contributed by atoms with Crippen LogP contribution in [0, 0.1) is 5.92 Å². The average Bonchev–Trinajstić information content (AvgIpc) is 3.60. The van der Waals surface area contributed by atoms with Crippen LogP contribution in [0.2, 0.25) is 0 Å². The Kier molecular flexibility index (Phi) is 7.24. The summed E-state index contributed by atoms with van der Waals surface area (Å²) >= 11 is 0. The van der Waals surface area contributed by atoms with E-state index >= 15 is 0 Å². The first kappa shape index (κ1) is 22.5. The highest BCUT2D eigenvalue weighted by Crippen LogP contribution is 2.34. The zero-order chi connectivity index (χ0) is 22.5. The van der Waals surface area contributed by atoms with Crippen molar-refractivity contribution < 1.29 is 9.25 Å². The van der Waals surface area contributed by atoms with E-state index in [0.29, 0.717) is 17.4 Å². The summed E-state index contributed by atoms with van der Waals surface area (Å²) in [5.74, 6) is 1.64. The van der Waals surface area contributed by atoms with E-state index in [1.807, 2.05) is 0 Å². The Hall–Kier alpha value is -2.68. The summed E-state index contributed by atoms with van der Waals surface area (Å²) in [6.07, 6.45) is 6.99. The molecule has 2 fully saturated rings. The monoisotopic (exact) mass is 443 g/mol. The van der Waals surface area contributed by atoms with Gasteiger partial charge in [0.1, 0.15) is 11.2 Å². The third-order valence-corrected chi connectivity index (χ3v) is 6.33. The van der Waals surface area contributed by atoms with Crippen molar-refractivity contribution in [2.45, 2.75) is 58.8 Å². The molecule has 0 radical (unpaired) electrons. The van der Waals surface area contributed by atoms with Crippen molar-refractivity contribution in [3.63, 3.8) is 0 Å². The summed E-state index contributed by atoms with van der Waals surface area (Å²) in [6, 6.07) is 1.33. The van der Waals surface area contributed by atoms with Gasteiger partial charge in [-0.15, -0.1) is 0 Å². The molecule has 0 bridgehead atoms. The molecule has 1 saturated carbocycles. The maximum Gasteiger partial charge on any atom is 0.337 e. The fraction of sp³-hybridized carbons (Fsp3) is 0.652. The minimum Gasteiger partial charge on any atom is -0.403 e. The van der Waals surface area contributed by atoms with Gasteiger partial charge in [0.2, 0.25) is 5.71 Å². The van der Waals surface area contributed by atoms with E-state index in [1.54, 1.807) is 0 Å². The van der Waals surface area contributed by atoms with Crippen molar-refractivity contribution in [2.75, 3.05) is 32.7 Å². The van der Waals surface area contributed by atoms with E-state index < -0.39 is 5.63 Å². The second-order valence-electron chi connectivity index (χ2n) is 8.75. The number of hydrogen-bond acceptors (Lipinski definition) is 7. The van der Waals surface area contributed by atoms with Gasteiger partial charge < -0.3 is 19.1 Å². The number of likely N-dealkylation sites (N-methyl/N-ethyl adjacent to an activating group) is 1. The van der Waals surface area contributed by atoms with E-state index in [0.717, 1.165) is 70.2 Å². The van der Waals surface area contributed by atoms with E-state index in [2.05, 4.69) is 38.8 Å². The molecule has 1 aliphatic heterocycles. The molecular weight excluding hydrogens is 410 g/mol. The van der Waals surface area contributed by atoms with Crippen molar-refractivity contribution in [1.82, 2.24) is 19.8 Å². The number of rotatable bonds is 9. The number of fused-ring (bicyclic) bond motifs is 1. The van der Waals surface area contributed by atoms with Gasteiger partial charge in [0.25, 0.3) is 5.56 Å². The van der Waals surface area contributed by atoms with E-state index in [1.165, 1.54) is 18.9 Å². The van der Waals surface area contributed by atoms with Crippen LogP contribution in [0.15, 0.2) is 25.2 Å². The highest BCUT2D eigenvalue weighted by molar-refractivity contribution is 5.82. The first-order chi connectivity index (χ1) is 15.6. The van der Waals surface area contributed by atoms with E-state index in [4.69, 9.17) is 9.25 Å². The first-order valence-electron chi connectivity index (χ1n) is 11.9. The molecule has 3 heterocycles. The third-order valence-electron chi connectivity index (χ3n) is 6.33. The summed E-state index contributed by atoms with van der Waals surface area (Å²) in [7, 11) is 0. The molecule has 0 atom stereocenters. The average molecular weight is 444 g/mol. The molecule has 32 heavy (non-hydrogen) atoms. The van der Waals surface area contributed by atoms with Crippen LogP contribution in [-0.2, 0) is 6.42 Å². The lowest BCUT2D eigenvalue weighted by Gasteiger charge is -2.35. The maximum atomic E-state index is 12.8. The Balaban J connectivity index is 1.53. The molecule has 1 aliphatic carbocycles. The first-order valence-corrected chi connectivity index (χ1v) is 11.9. The number of piperazine rings is 1. The number of aromatic nitrogens is 2. The van der Waals surface area contributed by atoms with E-state index in [9.17, 15) is 9.59 Å². The fourth-order valence-electron chi connectivity index (χ4n) is 4.26. The third kappa shape index (κ3) is 5.56. The van der Waals surface area contributed by atoms with Crippen LogP contribution in [0.5, 0.6) is 6.01 Å². The molecule has 1 saturated heterocycles. The number of oxime groups is 1. The Morgan fingerprint density at radius 1 is 1.25 bits per heavy atom. The Morgan fingerprint density at radius 3 is 2.72 bits per heavy atom. The molecule has 174 valence electrons. The number of hydrogen-bond donors (Lipinski definition) is 1. The Bertz CT molecular complexity index is 1060. The summed E-state index contributed by atoms with van der Waals surface area (Å²) in [4.78, 5) is 41.9. The predicted octanol–water partition coefficient (Wildman–Crippen LogP) is 2.74. The molecule has 9 heteroatoms. The van der Waals surface area contributed by atoms with Gasteiger partial charge in [0, 0.05) is 38.7 Å². The Labute approximate surface area is 187 Å². The molecular formula is C23H33N5O4. The van der Waals surface area contributed by atoms with Crippen molar-refractivity contribution in [3.8, 4) is 6.01 Å². The molecule has 1 N–H and O–H groups in total. The maximum absolute atomic E-state index is 12.8. The van der Waals surface area contributed by atoms with Gasteiger partial charge in [-0.2, -0.15) is 4.98 Å². The quantitative estimate of drug-likeness (QED) is 0.361. The van der Waals surface area contributed by atoms with Crippen LogP contribution in [0.25, 0.3) is 11.1 Å². The van der Waals surface area contributed by atoms with Crippen LogP contribution in [0.4, 0.5) is 0 Å². The van der Waals surface area contributed by atoms with Crippen LogP contribution < -0.4 is 16.0 Å². The van der Waals surface area contributed by atoms with Crippen molar-refractivity contribution in [2.24, 2.45) is 11.1 Å². The lowest BCUT2D eigenvalue weighted by molar-refractivity contribution is 0.182. The molecule has 2 aromatic rings. The molecule has 0 spiro atoms. The largest absolute Gasteiger partial charge is 0.403 e. The number of aromatic amines is 1. The van der Waals surface area contributed by atoms with Crippen molar-refractivity contribution >= 4 is 16.9 Å². The highest BCUT2D eigenvalue weighted by atomic mass is 16.6. The van der Waals surface area contributed by atoms with Gasteiger partial charge in [-0.3, -0.25) is 9.78 Å². The van der Waals surface area contributed by atoms with Crippen LogP contribution >= 0.6 is 0 Å². The fourth-order valence-corrected chi connectivity index (χ4v) is 4.26. The molecule has 0 aromatic carbocycles. The standard InChI is InChI=1S/C23H33N5O4/c1-3-6-18(28-13-11-27(4-2)12-14-28)26-32-23-24-21(30)20-17(8-5-7-16-9-10-16)15-19(29)31-22(20)25-23/h15-16H,3-14H2,1-2H3,(H,24,25,30)/b26-18+. The van der Waals surface area contributed by atoms with Gasteiger partial charge in [0.05, 0.1) is 0 Å². The summed E-state index contributed by atoms with van der Waals surface area (Å²) in [5.41, 5.74) is -0.200. The summed E-state index contributed by atoms with van der Waals surface area (Å²) in [5, 5.41) is 4.62. The van der Waals surface area contributed by atoms with Crippen LogP contribution in [0.1, 0.15) is 57.9 Å². The molecule has 0 unspecified atom stereocenters. The smallest absolute Gasteiger partial charge is 0.337 e. The SMILES string of the molecule is CCC/C(=N\Oc1nc2oc(=O)cc(CCCC3CC3)c2c(=O)[nH]1)N1CCN(CC)CC1. The minimum atomic E-state index is -0.507. The number of nitrogens with zero attached hydrogens (tertiary/aromatic N) is 4. The van der Waals surface area contributed by atoms with Crippen molar-refractivity contribution in [1.29, 1.82) is 0 Å². The van der Waals surface area contributed by atoms with Gasteiger partial charge in [-0.1, -0.05) is 38.3 Å². The molecule has 9 nitrogen and oxygen atoms in total. The van der Waals surface area contributed by atoms with Gasteiger partial charge in [-0.25, -0.2) is 4.79 Å². The second-order valence-corrected chi connectivity index (χ2v) is 8.75. The van der Waals surface area contributed by atoms with Gasteiger partial charge in [-0.05, 0) is 37.3 Å². The predicted molar refractivity (Wildman–Crippen MR) is 123 cm³/mol. The summed E-state index contributed by atoms with van der Waals surface area (Å²) in [6.45, 7) is 9.04. The normalized spacial score (nSPS) is 17.8. The van der Waals surface area contributed by atoms with E-state index in [-0.39, 0.29) is 17.3 Å². The zero-order valence-corrected chi connectivity index (χ0v) is 19.1. The minimum absolute atomic E-state index is 0.00136. The summed E-state index contributed by atoms with van der Waals surface area (Å²) < 4.78 is 5.23. The lowest BCUT2D eigenvalue weighted by atomic mass is 10.1. The van der Waals surface area contributed by atoms with Gasteiger partial charge in [0.15, 0.2) is 0 Å². The highest BCUT2D eigenvalue weighted by Gasteiger charge is 2.22. The number of aryl methyl sites for hydroxylation is 1. The molecule has 0 amide bonds. The molecule has 2 aliphatic rings. The zero-order valence-electron chi connectivity index (χ0n) is 19.1. The number of nitrogens with one attached hydrogen (secondary N) is 1. The Morgan fingerprint density at radius 2 is 2.03 bits per heavy atom. The number of amidine groups is 1. The second kappa shape index (κ2) is 10.3.